The minimum absolute atomic E-state index is 0.509. The van der Waals surface area contributed by atoms with Crippen LogP contribution in [0.5, 0.6) is 0 Å². The molecule has 0 aliphatic rings. The molecule has 0 aliphatic carbocycles. The maximum absolute atomic E-state index is 14.5. The van der Waals surface area contributed by atoms with E-state index < -0.39 is 7.14 Å². The van der Waals surface area contributed by atoms with Crippen LogP contribution in [0, 0.1) is 0 Å². The second kappa shape index (κ2) is 7.38. The van der Waals surface area contributed by atoms with Gasteiger partial charge in [0.15, 0.2) is 12.6 Å². The predicted octanol–water partition coefficient (Wildman–Crippen LogP) is 4.54. The lowest BCUT2D eigenvalue weighted by atomic mass is 10.2. The first-order valence-electron chi connectivity index (χ1n) is 9.00. The van der Waals surface area contributed by atoms with Gasteiger partial charge in [0.1, 0.15) is 5.76 Å². The van der Waals surface area contributed by atoms with Crippen molar-refractivity contribution >= 4 is 23.2 Å². The molecule has 4 rings (SSSR count). The summed E-state index contributed by atoms with van der Waals surface area (Å²) in [5, 5.41) is 1.53. The van der Waals surface area contributed by atoms with E-state index >= 15 is 0 Å². The second-order valence-electron chi connectivity index (χ2n) is 6.27. The second-order valence-corrected chi connectivity index (χ2v) is 8.94. The minimum atomic E-state index is -3.14. The van der Waals surface area contributed by atoms with Gasteiger partial charge in [-0.3, -0.25) is 0 Å². The third kappa shape index (κ3) is 3.15. The summed E-state index contributed by atoms with van der Waals surface area (Å²) in [5.41, 5.74) is 1.42. The predicted molar refractivity (Wildman–Crippen MR) is 111 cm³/mol. The molecular weight excluding hydrogens is 353 g/mol. The lowest BCUT2D eigenvalue weighted by molar-refractivity contribution is 0.526. The number of aryl methyl sites for hydroxylation is 1. The first kappa shape index (κ1) is 17.5. The maximum atomic E-state index is 14.5. The van der Waals surface area contributed by atoms with Crippen LogP contribution in [0.2, 0.25) is 0 Å². The van der Waals surface area contributed by atoms with E-state index in [1.54, 1.807) is 0 Å². The molecule has 4 aromatic rings. The lowest BCUT2D eigenvalue weighted by Crippen LogP contribution is -2.27. The number of aromatic nitrogens is 1. The zero-order chi connectivity index (χ0) is 18.7. The van der Waals surface area contributed by atoms with Crippen molar-refractivity contribution < 1.29 is 8.98 Å². The summed E-state index contributed by atoms with van der Waals surface area (Å²) in [6.45, 7) is 2.00. The molecule has 0 unspecified atom stereocenters. The SMILES string of the molecule is CCc1oc(-c2ccccc2)nc1P(=O)(c1ccccc1)c1ccccc1. The normalized spacial score (nSPS) is 11.4. The third-order valence-corrected chi connectivity index (χ3v) is 7.55. The molecule has 0 N–H and O–H groups in total. The van der Waals surface area contributed by atoms with Gasteiger partial charge in [-0.05, 0) is 12.1 Å². The molecular formula is C23H20NO2P. The van der Waals surface area contributed by atoms with Crippen molar-refractivity contribution in [2.45, 2.75) is 13.3 Å². The van der Waals surface area contributed by atoms with Crippen molar-refractivity contribution in [3.8, 4) is 11.5 Å². The average Bonchev–Trinajstić information content (AvgIpc) is 3.20. The van der Waals surface area contributed by atoms with Crippen molar-refractivity contribution in [1.82, 2.24) is 4.98 Å². The maximum Gasteiger partial charge on any atom is 0.227 e. The highest BCUT2D eigenvalue weighted by Crippen LogP contribution is 2.43. The first-order valence-corrected chi connectivity index (χ1v) is 10.7. The molecule has 3 nitrogen and oxygen atoms in total. The van der Waals surface area contributed by atoms with Crippen LogP contribution in [0.15, 0.2) is 95.4 Å². The summed E-state index contributed by atoms with van der Waals surface area (Å²) in [6, 6.07) is 28.9. The van der Waals surface area contributed by atoms with E-state index in [1.165, 1.54) is 0 Å². The van der Waals surface area contributed by atoms with Gasteiger partial charge in [-0.25, -0.2) is 4.98 Å². The molecule has 27 heavy (non-hydrogen) atoms. The number of hydrogen-bond acceptors (Lipinski definition) is 3. The highest BCUT2D eigenvalue weighted by Gasteiger charge is 2.36. The molecule has 0 bridgehead atoms. The molecule has 1 aromatic heterocycles. The number of hydrogen-bond donors (Lipinski definition) is 0. The fourth-order valence-electron chi connectivity index (χ4n) is 3.19. The molecule has 0 aliphatic heterocycles. The van der Waals surface area contributed by atoms with Crippen LogP contribution >= 0.6 is 7.14 Å². The topological polar surface area (TPSA) is 43.1 Å². The van der Waals surface area contributed by atoms with Crippen LogP contribution in [0.3, 0.4) is 0 Å². The Bertz CT molecular complexity index is 1030. The van der Waals surface area contributed by atoms with Crippen LogP contribution in [-0.2, 0) is 11.0 Å². The largest absolute Gasteiger partial charge is 0.440 e. The summed E-state index contributed by atoms with van der Waals surface area (Å²) >= 11 is 0. The van der Waals surface area contributed by atoms with Crippen LogP contribution in [-0.4, -0.2) is 4.98 Å². The van der Waals surface area contributed by atoms with Gasteiger partial charge in [0, 0.05) is 22.6 Å². The van der Waals surface area contributed by atoms with Gasteiger partial charge in [-0.2, -0.15) is 0 Å². The standard InChI is InChI=1S/C23H20NO2P/c1-2-21-23(24-22(26-21)18-12-6-3-7-13-18)27(25,19-14-8-4-9-15-19)20-16-10-5-11-17-20/h3-17H,2H2,1H3. The van der Waals surface area contributed by atoms with E-state index in [-0.39, 0.29) is 0 Å². The molecule has 0 amide bonds. The molecule has 0 saturated carbocycles. The molecule has 3 aromatic carbocycles. The number of benzene rings is 3. The summed E-state index contributed by atoms with van der Waals surface area (Å²) in [7, 11) is -3.14. The summed E-state index contributed by atoms with van der Waals surface area (Å²) in [4.78, 5) is 4.75. The molecule has 0 spiro atoms. The van der Waals surface area contributed by atoms with Gasteiger partial charge in [0.25, 0.3) is 0 Å². The van der Waals surface area contributed by atoms with Gasteiger partial charge in [-0.1, -0.05) is 85.8 Å². The van der Waals surface area contributed by atoms with E-state index in [4.69, 9.17) is 9.40 Å². The van der Waals surface area contributed by atoms with Crippen LogP contribution in [0.25, 0.3) is 11.5 Å². The number of rotatable bonds is 5. The molecule has 0 radical (unpaired) electrons. The first-order chi connectivity index (χ1) is 13.2. The summed E-state index contributed by atoms with van der Waals surface area (Å²) < 4.78 is 20.6. The Morgan fingerprint density at radius 1 is 0.778 bits per heavy atom. The summed E-state index contributed by atoms with van der Waals surface area (Å²) in [6.07, 6.45) is 0.624. The van der Waals surface area contributed by atoms with E-state index in [0.29, 0.717) is 23.5 Å². The zero-order valence-electron chi connectivity index (χ0n) is 15.1. The Balaban J connectivity index is 1.97. The molecule has 1 heterocycles. The van der Waals surface area contributed by atoms with Crippen molar-refractivity contribution in [2.24, 2.45) is 0 Å². The molecule has 4 heteroatoms. The average molecular weight is 373 g/mol. The monoisotopic (exact) mass is 373 g/mol. The zero-order valence-corrected chi connectivity index (χ0v) is 16.0. The van der Waals surface area contributed by atoms with E-state index in [1.807, 2.05) is 97.9 Å². The Morgan fingerprint density at radius 2 is 1.26 bits per heavy atom. The van der Waals surface area contributed by atoms with Crippen molar-refractivity contribution in [1.29, 1.82) is 0 Å². The van der Waals surface area contributed by atoms with Crippen LogP contribution in [0.1, 0.15) is 12.7 Å². The van der Waals surface area contributed by atoms with E-state index in [2.05, 4.69) is 0 Å². The quantitative estimate of drug-likeness (QED) is 0.482. The van der Waals surface area contributed by atoms with Gasteiger partial charge in [-0.15, -0.1) is 0 Å². The highest BCUT2D eigenvalue weighted by atomic mass is 31.2. The fraction of sp³-hybridized carbons (Fsp3) is 0.0870. The molecule has 0 fully saturated rings. The van der Waals surface area contributed by atoms with Crippen LogP contribution in [0.4, 0.5) is 0 Å². The third-order valence-electron chi connectivity index (χ3n) is 4.56. The summed E-state index contributed by atoms with van der Waals surface area (Å²) in [5.74, 6) is 1.18. The van der Waals surface area contributed by atoms with Crippen molar-refractivity contribution in [2.75, 3.05) is 0 Å². The molecule has 134 valence electrons. The van der Waals surface area contributed by atoms with E-state index in [0.717, 1.165) is 16.2 Å². The van der Waals surface area contributed by atoms with Crippen LogP contribution < -0.4 is 16.0 Å². The Hall–Kier alpha value is -2.90. The number of oxazole rings is 1. The van der Waals surface area contributed by atoms with E-state index in [9.17, 15) is 4.57 Å². The highest BCUT2D eigenvalue weighted by molar-refractivity contribution is 7.85. The molecule has 0 atom stereocenters. The molecule has 0 saturated heterocycles. The van der Waals surface area contributed by atoms with Gasteiger partial charge < -0.3 is 8.98 Å². The van der Waals surface area contributed by atoms with Gasteiger partial charge in [0.05, 0.1) is 0 Å². The van der Waals surface area contributed by atoms with Gasteiger partial charge in [0.2, 0.25) is 5.89 Å². The minimum Gasteiger partial charge on any atom is -0.440 e. The lowest BCUT2D eigenvalue weighted by Gasteiger charge is -2.18. The Kier molecular flexibility index (Phi) is 4.79. The van der Waals surface area contributed by atoms with Crippen molar-refractivity contribution in [3.05, 3.63) is 96.8 Å². The van der Waals surface area contributed by atoms with Gasteiger partial charge >= 0.3 is 0 Å². The number of nitrogens with zero attached hydrogens (tertiary/aromatic N) is 1. The Labute approximate surface area is 159 Å². The Morgan fingerprint density at radius 3 is 1.74 bits per heavy atom. The van der Waals surface area contributed by atoms with Crippen molar-refractivity contribution in [3.63, 3.8) is 0 Å². The smallest absolute Gasteiger partial charge is 0.227 e. The fourth-order valence-corrected chi connectivity index (χ4v) is 5.95.